The minimum absolute atomic E-state index is 0.205. The van der Waals surface area contributed by atoms with E-state index in [9.17, 15) is 0 Å². The molecule has 0 saturated heterocycles. The Kier molecular flexibility index (Phi) is 2.82. The molecule has 0 saturated carbocycles. The molecule has 0 atom stereocenters. The standard InChI is InChI=1S/C16H17/c1-16(2,3)15-11-7-10-14(12-15)13-8-5-4-6-9-13/h5-12H,1-3H3. The number of hydrogen-bond donors (Lipinski definition) is 0. The number of benzene rings is 2. The molecule has 0 nitrogen and oxygen atoms in total. The lowest BCUT2D eigenvalue weighted by molar-refractivity contribution is 0.590. The fourth-order valence-corrected chi connectivity index (χ4v) is 1.74. The van der Waals surface area contributed by atoms with Crippen molar-refractivity contribution in [2.45, 2.75) is 26.2 Å². The smallest absolute Gasteiger partial charge is 0.0132 e. The van der Waals surface area contributed by atoms with Gasteiger partial charge in [-0.05, 0) is 28.2 Å². The van der Waals surface area contributed by atoms with E-state index in [0.717, 1.165) is 0 Å². The molecule has 0 amide bonds. The fraction of sp³-hybridized carbons (Fsp3) is 0.250. The van der Waals surface area contributed by atoms with Gasteiger partial charge in [0.25, 0.3) is 0 Å². The van der Waals surface area contributed by atoms with E-state index in [1.807, 2.05) is 12.1 Å². The Morgan fingerprint density at radius 3 is 2.19 bits per heavy atom. The summed E-state index contributed by atoms with van der Waals surface area (Å²) in [4.78, 5) is 0. The van der Waals surface area contributed by atoms with Crippen LogP contribution in [0.25, 0.3) is 11.1 Å². The molecule has 0 heterocycles. The lowest BCUT2D eigenvalue weighted by Crippen LogP contribution is -2.10. The quantitative estimate of drug-likeness (QED) is 0.651. The third kappa shape index (κ3) is 2.33. The predicted octanol–water partition coefficient (Wildman–Crippen LogP) is 4.45. The van der Waals surface area contributed by atoms with Crippen molar-refractivity contribution in [3.63, 3.8) is 0 Å². The van der Waals surface area contributed by atoms with Gasteiger partial charge >= 0.3 is 0 Å². The van der Waals surface area contributed by atoms with Crippen molar-refractivity contribution in [1.82, 2.24) is 0 Å². The van der Waals surface area contributed by atoms with E-state index in [1.165, 1.54) is 16.7 Å². The fourth-order valence-electron chi connectivity index (χ4n) is 1.74. The maximum Gasteiger partial charge on any atom is -0.0132 e. The van der Waals surface area contributed by atoms with Gasteiger partial charge in [-0.15, -0.1) is 0 Å². The van der Waals surface area contributed by atoms with Gasteiger partial charge in [-0.3, -0.25) is 0 Å². The molecule has 0 heteroatoms. The Labute approximate surface area is 97.9 Å². The van der Waals surface area contributed by atoms with E-state index in [0.29, 0.717) is 0 Å². The van der Waals surface area contributed by atoms with E-state index in [2.05, 4.69) is 63.2 Å². The Balaban J connectivity index is 2.45. The molecular weight excluding hydrogens is 192 g/mol. The molecular formula is C16H17. The second kappa shape index (κ2) is 4.13. The van der Waals surface area contributed by atoms with E-state index in [-0.39, 0.29) is 5.41 Å². The van der Waals surface area contributed by atoms with E-state index in [4.69, 9.17) is 0 Å². The summed E-state index contributed by atoms with van der Waals surface area (Å²) >= 11 is 0. The van der Waals surface area contributed by atoms with Crippen LogP contribution in [0.2, 0.25) is 0 Å². The van der Waals surface area contributed by atoms with Crippen molar-refractivity contribution in [2.24, 2.45) is 0 Å². The molecule has 81 valence electrons. The molecule has 0 bridgehead atoms. The Hall–Kier alpha value is -1.56. The summed E-state index contributed by atoms with van der Waals surface area (Å²) in [6, 6.07) is 19.9. The first-order valence-corrected chi connectivity index (χ1v) is 5.64. The lowest BCUT2D eigenvalue weighted by Gasteiger charge is -2.19. The van der Waals surface area contributed by atoms with Crippen LogP contribution in [-0.4, -0.2) is 0 Å². The first-order chi connectivity index (χ1) is 7.57. The highest BCUT2D eigenvalue weighted by molar-refractivity contribution is 5.64. The van der Waals surface area contributed by atoms with E-state index >= 15 is 0 Å². The molecule has 2 aromatic rings. The van der Waals surface area contributed by atoms with Crippen molar-refractivity contribution in [1.29, 1.82) is 0 Å². The Bertz CT molecular complexity index is 461. The van der Waals surface area contributed by atoms with E-state index in [1.54, 1.807) is 0 Å². The zero-order valence-electron chi connectivity index (χ0n) is 10.1. The highest BCUT2D eigenvalue weighted by Crippen LogP contribution is 2.27. The Morgan fingerprint density at radius 1 is 0.875 bits per heavy atom. The van der Waals surface area contributed by atoms with Gasteiger partial charge in [0.2, 0.25) is 0 Å². The van der Waals surface area contributed by atoms with Crippen molar-refractivity contribution in [3.05, 3.63) is 60.2 Å². The van der Waals surface area contributed by atoms with Gasteiger partial charge in [0, 0.05) is 0 Å². The van der Waals surface area contributed by atoms with Crippen LogP contribution < -0.4 is 0 Å². The zero-order chi connectivity index (χ0) is 11.6. The van der Waals surface area contributed by atoms with Crippen LogP contribution in [0.3, 0.4) is 0 Å². The van der Waals surface area contributed by atoms with Gasteiger partial charge in [0.1, 0.15) is 0 Å². The van der Waals surface area contributed by atoms with Crippen molar-refractivity contribution < 1.29 is 0 Å². The van der Waals surface area contributed by atoms with Crippen molar-refractivity contribution in [3.8, 4) is 11.1 Å². The molecule has 0 aromatic heterocycles. The van der Waals surface area contributed by atoms with Gasteiger partial charge in [0.05, 0.1) is 0 Å². The molecule has 2 rings (SSSR count). The van der Waals surface area contributed by atoms with Crippen molar-refractivity contribution >= 4 is 0 Å². The highest BCUT2D eigenvalue weighted by Gasteiger charge is 2.13. The van der Waals surface area contributed by atoms with Crippen LogP contribution in [0, 0.1) is 6.07 Å². The van der Waals surface area contributed by atoms with Gasteiger partial charge < -0.3 is 0 Å². The normalized spacial score (nSPS) is 11.4. The lowest BCUT2D eigenvalue weighted by atomic mass is 9.85. The van der Waals surface area contributed by atoms with Crippen LogP contribution in [0.15, 0.2) is 48.5 Å². The van der Waals surface area contributed by atoms with Crippen LogP contribution in [0.5, 0.6) is 0 Å². The summed E-state index contributed by atoms with van der Waals surface area (Å²) in [5.74, 6) is 0. The third-order valence-electron chi connectivity index (χ3n) is 2.78. The predicted molar refractivity (Wildman–Crippen MR) is 69.4 cm³/mol. The molecule has 0 fully saturated rings. The summed E-state index contributed by atoms with van der Waals surface area (Å²) < 4.78 is 0. The van der Waals surface area contributed by atoms with Gasteiger partial charge in [0.15, 0.2) is 0 Å². The second-order valence-corrected chi connectivity index (χ2v) is 5.12. The van der Waals surface area contributed by atoms with Crippen LogP contribution in [0.1, 0.15) is 26.3 Å². The maximum absolute atomic E-state index is 3.05. The molecule has 1 radical (unpaired) electrons. The van der Waals surface area contributed by atoms with Gasteiger partial charge in [-0.25, -0.2) is 0 Å². The molecule has 0 aliphatic carbocycles. The van der Waals surface area contributed by atoms with E-state index < -0.39 is 0 Å². The topological polar surface area (TPSA) is 0 Å². The summed E-state index contributed by atoms with van der Waals surface area (Å²) in [5, 5.41) is 0. The highest BCUT2D eigenvalue weighted by atomic mass is 14.2. The van der Waals surface area contributed by atoms with Crippen molar-refractivity contribution in [2.75, 3.05) is 0 Å². The molecule has 0 aliphatic heterocycles. The minimum atomic E-state index is 0.205. The number of rotatable bonds is 1. The monoisotopic (exact) mass is 209 g/mol. The zero-order valence-corrected chi connectivity index (χ0v) is 10.1. The SMILES string of the molecule is CC(C)(C)c1cccc(-c2cc[c]cc2)c1. The molecule has 16 heavy (non-hydrogen) atoms. The molecule has 0 N–H and O–H groups in total. The van der Waals surface area contributed by atoms with Gasteiger partial charge in [-0.2, -0.15) is 0 Å². The second-order valence-electron chi connectivity index (χ2n) is 5.12. The summed E-state index contributed by atoms with van der Waals surface area (Å²) in [6.45, 7) is 6.72. The van der Waals surface area contributed by atoms with Crippen LogP contribution in [0.4, 0.5) is 0 Å². The van der Waals surface area contributed by atoms with Crippen LogP contribution in [-0.2, 0) is 5.41 Å². The minimum Gasteiger partial charge on any atom is -0.0614 e. The average molecular weight is 209 g/mol. The third-order valence-corrected chi connectivity index (χ3v) is 2.78. The first-order valence-electron chi connectivity index (χ1n) is 5.64. The Morgan fingerprint density at radius 2 is 1.56 bits per heavy atom. The van der Waals surface area contributed by atoms with Crippen LogP contribution >= 0.6 is 0 Å². The number of hydrogen-bond acceptors (Lipinski definition) is 0. The molecule has 0 aliphatic rings. The molecule has 0 unspecified atom stereocenters. The van der Waals surface area contributed by atoms with Gasteiger partial charge in [-0.1, -0.05) is 69.3 Å². The summed E-state index contributed by atoms with van der Waals surface area (Å²) in [5.41, 5.74) is 4.11. The molecule has 2 aromatic carbocycles. The maximum atomic E-state index is 3.05. The summed E-state index contributed by atoms with van der Waals surface area (Å²) in [6.07, 6.45) is 0. The largest absolute Gasteiger partial charge is 0.0614 e. The summed E-state index contributed by atoms with van der Waals surface area (Å²) in [7, 11) is 0. The average Bonchev–Trinajstić information content (AvgIpc) is 2.29. The first kappa shape index (κ1) is 10.9. The molecule has 0 spiro atoms.